The normalized spacial score (nSPS) is 16.9. The first-order valence-electron chi connectivity index (χ1n) is 8.09. The molecule has 4 heterocycles. The van der Waals surface area contributed by atoms with E-state index in [2.05, 4.69) is 28.3 Å². The van der Waals surface area contributed by atoms with Gasteiger partial charge in [-0.3, -0.25) is 9.36 Å². The molecule has 0 N–H and O–H groups in total. The highest BCUT2D eigenvalue weighted by atomic mass is 32.1. The lowest BCUT2D eigenvalue weighted by molar-refractivity contribution is 0.0657. The summed E-state index contributed by atoms with van der Waals surface area (Å²) in [7, 11) is 0. The minimum absolute atomic E-state index is 0.0587. The van der Waals surface area contributed by atoms with Crippen LogP contribution in [0.1, 0.15) is 40.2 Å². The van der Waals surface area contributed by atoms with Crippen LogP contribution < -0.4 is 0 Å². The van der Waals surface area contributed by atoms with Gasteiger partial charge in [0.1, 0.15) is 12.1 Å². The number of carbonyl (C=O) groups excluding carboxylic acids is 1. The van der Waals surface area contributed by atoms with Crippen LogP contribution in [-0.2, 0) is 6.42 Å². The summed E-state index contributed by atoms with van der Waals surface area (Å²) in [5, 5.41) is 2.13. The van der Waals surface area contributed by atoms with Crippen LogP contribution in [0.4, 0.5) is 0 Å². The standard InChI is InChI=1S/C18H18N4OS/c1-2-15-14-6-10-24-16(14)5-8-22(15)18(23)13-3-4-17(20-11-13)21-9-7-19-12-21/h3-4,6-7,9-12,15H,2,5,8H2,1H3. The number of aromatic nitrogens is 3. The van der Waals surface area contributed by atoms with E-state index in [0.717, 1.165) is 25.2 Å². The summed E-state index contributed by atoms with van der Waals surface area (Å²) in [6, 6.07) is 6.03. The van der Waals surface area contributed by atoms with Gasteiger partial charge in [0.2, 0.25) is 0 Å². The zero-order valence-corrected chi connectivity index (χ0v) is 14.2. The van der Waals surface area contributed by atoms with Crippen LogP contribution in [0, 0.1) is 0 Å². The van der Waals surface area contributed by atoms with Gasteiger partial charge in [-0.25, -0.2) is 9.97 Å². The highest BCUT2D eigenvalue weighted by Gasteiger charge is 2.30. The second-order valence-electron chi connectivity index (χ2n) is 5.85. The van der Waals surface area contributed by atoms with E-state index in [0.29, 0.717) is 5.56 Å². The number of rotatable bonds is 3. The number of hydrogen-bond donors (Lipinski definition) is 0. The highest BCUT2D eigenvalue weighted by molar-refractivity contribution is 7.10. The maximum absolute atomic E-state index is 13.0. The molecule has 4 rings (SSSR count). The topological polar surface area (TPSA) is 51.0 Å². The van der Waals surface area contributed by atoms with E-state index in [9.17, 15) is 4.79 Å². The van der Waals surface area contributed by atoms with Crippen LogP contribution in [0.5, 0.6) is 0 Å². The second kappa shape index (κ2) is 6.20. The Morgan fingerprint density at radius 3 is 3.00 bits per heavy atom. The number of nitrogens with zero attached hydrogens (tertiary/aromatic N) is 4. The lowest BCUT2D eigenvalue weighted by Crippen LogP contribution is -2.39. The van der Waals surface area contributed by atoms with Gasteiger partial charge in [-0.05, 0) is 42.0 Å². The molecule has 0 aliphatic carbocycles. The Labute approximate surface area is 144 Å². The molecular formula is C18H18N4OS. The molecule has 0 saturated carbocycles. The van der Waals surface area contributed by atoms with Crippen LogP contribution >= 0.6 is 11.3 Å². The number of hydrogen-bond acceptors (Lipinski definition) is 4. The number of imidazole rings is 1. The number of fused-ring (bicyclic) bond motifs is 1. The molecule has 3 aromatic heterocycles. The fourth-order valence-electron chi connectivity index (χ4n) is 3.31. The van der Waals surface area contributed by atoms with Gasteiger partial charge in [0, 0.05) is 30.0 Å². The molecule has 0 fully saturated rings. The largest absolute Gasteiger partial charge is 0.331 e. The van der Waals surface area contributed by atoms with Crippen molar-refractivity contribution in [1.82, 2.24) is 19.4 Å². The molecule has 0 aromatic carbocycles. The number of amides is 1. The van der Waals surface area contributed by atoms with Crippen molar-refractivity contribution in [2.75, 3.05) is 6.54 Å². The van der Waals surface area contributed by atoms with Crippen molar-refractivity contribution in [2.45, 2.75) is 25.8 Å². The van der Waals surface area contributed by atoms with E-state index in [1.165, 1.54) is 10.4 Å². The van der Waals surface area contributed by atoms with E-state index in [4.69, 9.17) is 0 Å². The molecule has 6 heteroatoms. The van der Waals surface area contributed by atoms with Gasteiger partial charge in [0.25, 0.3) is 5.91 Å². The predicted molar refractivity (Wildman–Crippen MR) is 93.5 cm³/mol. The molecular weight excluding hydrogens is 320 g/mol. The lowest BCUT2D eigenvalue weighted by atomic mass is 9.97. The van der Waals surface area contributed by atoms with Gasteiger partial charge in [-0.2, -0.15) is 0 Å². The predicted octanol–water partition coefficient (Wildman–Crippen LogP) is 3.48. The van der Waals surface area contributed by atoms with Crippen molar-refractivity contribution in [3.8, 4) is 5.82 Å². The molecule has 1 aliphatic heterocycles. The maximum atomic E-state index is 13.0. The first-order valence-corrected chi connectivity index (χ1v) is 8.97. The van der Waals surface area contributed by atoms with Crippen LogP contribution in [0.3, 0.4) is 0 Å². The summed E-state index contributed by atoms with van der Waals surface area (Å²) in [4.78, 5) is 24.8. The maximum Gasteiger partial charge on any atom is 0.255 e. The van der Waals surface area contributed by atoms with E-state index < -0.39 is 0 Å². The summed E-state index contributed by atoms with van der Waals surface area (Å²) >= 11 is 1.80. The molecule has 0 saturated heterocycles. The molecule has 3 aromatic rings. The monoisotopic (exact) mass is 338 g/mol. The first-order chi connectivity index (χ1) is 11.8. The molecule has 1 atom stereocenters. The lowest BCUT2D eigenvalue weighted by Gasteiger charge is -2.35. The molecule has 1 aliphatic rings. The fraction of sp³-hybridized carbons (Fsp3) is 0.278. The van der Waals surface area contributed by atoms with Gasteiger partial charge in [0.05, 0.1) is 11.6 Å². The SMILES string of the molecule is CCC1c2ccsc2CCN1C(=O)c1ccc(-n2ccnc2)nc1. The summed E-state index contributed by atoms with van der Waals surface area (Å²) in [5.74, 6) is 0.818. The molecule has 1 amide bonds. The molecule has 1 unspecified atom stereocenters. The van der Waals surface area contributed by atoms with Gasteiger partial charge >= 0.3 is 0 Å². The summed E-state index contributed by atoms with van der Waals surface area (Å²) in [6.45, 7) is 2.91. The third-order valence-electron chi connectivity index (χ3n) is 4.51. The highest BCUT2D eigenvalue weighted by Crippen LogP contribution is 2.35. The van der Waals surface area contributed by atoms with Crippen molar-refractivity contribution in [3.05, 3.63) is 64.5 Å². The molecule has 122 valence electrons. The summed E-state index contributed by atoms with van der Waals surface area (Å²) in [5.41, 5.74) is 1.95. The third-order valence-corrected chi connectivity index (χ3v) is 5.50. The van der Waals surface area contributed by atoms with E-state index in [-0.39, 0.29) is 11.9 Å². The van der Waals surface area contributed by atoms with Gasteiger partial charge in [-0.15, -0.1) is 11.3 Å². The number of thiophene rings is 1. The molecule has 0 spiro atoms. The van der Waals surface area contributed by atoms with Crippen LogP contribution in [0.15, 0.2) is 48.5 Å². The Morgan fingerprint density at radius 2 is 2.29 bits per heavy atom. The van der Waals surface area contributed by atoms with E-state index in [1.54, 1.807) is 30.1 Å². The molecule has 0 bridgehead atoms. The minimum Gasteiger partial charge on any atom is -0.331 e. The second-order valence-corrected chi connectivity index (χ2v) is 6.85. The van der Waals surface area contributed by atoms with Crippen LogP contribution in [0.25, 0.3) is 5.82 Å². The molecule has 24 heavy (non-hydrogen) atoms. The quantitative estimate of drug-likeness (QED) is 0.735. The van der Waals surface area contributed by atoms with Crippen molar-refractivity contribution in [1.29, 1.82) is 0 Å². The van der Waals surface area contributed by atoms with Crippen molar-refractivity contribution in [2.24, 2.45) is 0 Å². The zero-order chi connectivity index (χ0) is 16.5. The van der Waals surface area contributed by atoms with E-state index in [1.807, 2.05) is 27.8 Å². The zero-order valence-electron chi connectivity index (χ0n) is 13.4. The molecule has 5 nitrogen and oxygen atoms in total. The Hall–Kier alpha value is -2.47. The molecule has 0 radical (unpaired) electrons. The Bertz CT molecular complexity index is 838. The number of carbonyl (C=O) groups is 1. The van der Waals surface area contributed by atoms with E-state index >= 15 is 0 Å². The van der Waals surface area contributed by atoms with Crippen LogP contribution in [0.2, 0.25) is 0 Å². The van der Waals surface area contributed by atoms with Gasteiger partial charge < -0.3 is 4.90 Å². The van der Waals surface area contributed by atoms with Crippen molar-refractivity contribution in [3.63, 3.8) is 0 Å². The Balaban J connectivity index is 1.59. The third kappa shape index (κ3) is 2.53. The van der Waals surface area contributed by atoms with Crippen molar-refractivity contribution >= 4 is 17.2 Å². The van der Waals surface area contributed by atoms with Gasteiger partial charge in [-0.1, -0.05) is 6.92 Å². The number of pyridine rings is 1. The smallest absolute Gasteiger partial charge is 0.255 e. The Morgan fingerprint density at radius 1 is 1.38 bits per heavy atom. The van der Waals surface area contributed by atoms with Crippen molar-refractivity contribution < 1.29 is 4.79 Å². The minimum atomic E-state index is 0.0587. The van der Waals surface area contributed by atoms with Gasteiger partial charge in [0.15, 0.2) is 0 Å². The average molecular weight is 338 g/mol. The summed E-state index contributed by atoms with van der Waals surface area (Å²) in [6.07, 6.45) is 8.76. The fourth-order valence-corrected chi connectivity index (χ4v) is 4.23. The first kappa shape index (κ1) is 15.1. The summed E-state index contributed by atoms with van der Waals surface area (Å²) < 4.78 is 1.82. The Kier molecular flexibility index (Phi) is 3.90. The average Bonchev–Trinajstić information content (AvgIpc) is 3.31. The van der Waals surface area contributed by atoms with Crippen LogP contribution in [-0.4, -0.2) is 31.9 Å².